The minimum Gasteiger partial charge on any atom is -0.390 e. The minimum atomic E-state index is -3.83. The molecule has 1 fully saturated rings. The van der Waals surface area contributed by atoms with Crippen LogP contribution >= 0.6 is 6.72 Å². The maximum Gasteiger partial charge on any atom is 0.330 e. The second-order valence-corrected chi connectivity index (χ2v) is 7.36. The van der Waals surface area contributed by atoms with Crippen LogP contribution in [0.2, 0.25) is 0 Å². The van der Waals surface area contributed by atoms with Crippen molar-refractivity contribution in [1.82, 2.24) is 9.55 Å². The Morgan fingerprint density at radius 1 is 1.57 bits per heavy atom. The normalized spacial score (nSPS) is 26.2. The van der Waals surface area contributed by atoms with Crippen molar-refractivity contribution in [3.8, 4) is 0 Å². The Morgan fingerprint density at radius 3 is 2.86 bits per heavy atom. The molecule has 0 radical (unpaired) electrons. The highest BCUT2D eigenvalue weighted by Crippen LogP contribution is 2.38. The van der Waals surface area contributed by atoms with Gasteiger partial charge in [0.1, 0.15) is 12.3 Å². The molecule has 21 heavy (non-hydrogen) atoms. The molecule has 3 atom stereocenters. The summed E-state index contributed by atoms with van der Waals surface area (Å²) in [6.45, 7) is -2.60. The van der Waals surface area contributed by atoms with Crippen LogP contribution in [0.15, 0.2) is 15.8 Å². The summed E-state index contributed by atoms with van der Waals surface area (Å²) in [5.74, 6) is 0. The van der Waals surface area contributed by atoms with Gasteiger partial charge in [-0.2, -0.15) is 0 Å². The molecule has 1 saturated heterocycles. The lowest BCUT2D eigenvalue weighted by Gasteiger charge is -2.17. The van der Waals surface area contributed by atoms with E-state index in [1.54, 1.807) is 0 Å². The molecule has 1 aliphatic rings. The van der Waals surface area contributed by atoms with Gasteiger partial charge in [0.2, 0.25) is 0 Å². The third-order valence-corrected chi connectivity index (χ3v) is 3.87. The van der Waals surface area contributed by atoms with Gasteiger partial charge in [0, 0.05) is 18.2 Å². The van der Waals surface area contributed by atoms with Crippen LogP contribution in [0.25, 0.3) is 0 Å². The number of rotatable bonds is 4. The van der Waals surface area contributed by atoms with Crippen molar-refractivity contribution in [3.63, 3.8) is 0 Å². The molecule has 11 heteroatoms. The number of aryl methyl sites for hydroxylation is 1. The van der Waals surface area contributed by atoms with Crippen molar-refractivity contribution < 1.29 is 24.2 Å². The lowest BCUT2D eigenvalue weighted by atomic mass is 10.2. The van der Waals surface area contributed by atoms with Gasteiger partial charge in [-0.1, -0.05) is 0 Å². The van der Waals surface area contributed by atoms with Gasteiger partial charge in [0.15, 0.2) is 0 Å². The highest BCUT2D eigenvalue weighted by Gasteiger charge is 2.36. The van der Waals surface area contributed by atoms with E-state index >= 15 is 0 Å². The van der Waals surface area contributed by atoms with E-state index in [0.29, 0.717) is 5.56 Å². The number of aromatic amines is 1. The average molecular weight is 338 g/mol. The third-order valence-electron chi connectivity index (χ3n) is 3.07. The highest BCUT2D eigenvalue weighted by atomic mass is 32.5. The zero-order chi connectivity index (χ0) is 15.8. The van der Waals surface area contributed by atoms with Gasteiger partial charge < -0.3 is 24.2 Å². The summed E-state index contributed by atoms with van der Waals surface area (Å²) in [5.41, 5.74) is -0.816. The SMILES string of the molecule is Cc1cn([C@H]2C[C@H](O)[C@@H](COP(O)(O)=S)O2)c(=O)[nH]c1=O. The van der Waals surface area contributed by atoms with E-state index in [1.807, 2.05) is 0 Å². The van der Waals surface area contributed by atoms with Crippen LogP contribution in [0.3, 0.4) is 0 Å². The van der Waals surface area contributed by atoms with Crippen molar-refractivity contribution >= 4 is 18.5 Å². The average Bonchev–Trinajstić information content (AvgIpc) is 2.72. The molecule has 0 bridgehead atoms. The molecule has 0 amide bonds. The molecule has 0 spiro atoms. The van der Waals surface area contributed by atoms with Crippen molar-refractivity contribution in [3.05, 3.63) is 32.6 Å². The number of aliphatic hydroxyl groups excluding tert-OH is 1. The Hall–Kier alpha value is -0.870. The first-order chi connectivity index (χ1) is 9.67. The third kappa shape index (κ3) is 4.07. The van der Waals surface area contributed by atoms with E-state index in [1.165, 1.54) is 13.1 Å². The van der Waals surface area contributed by atoms with E-state index in [2.05, 4.69) is 21.3 Å². The molecule has 0 unspecified atom stereocenters. The molecular formula is C10H15N2O7PS. The summed E-state index contributed by atoms with van der Waals surface area (Å²) < 4.78 is 11.3. The fraction of sp³-hybridized carbons (Fsp3) is 0.600. The number of nitrogens with zero attached hydrogens (tertiary/aromatic N) is 1. The van der Waals surface area contributed by atoms with Crippen LogP contribution in [0.5, 0.6) is 0 Å². The van der Waals surface area contributed by atoms with Crippen LogP contribution in [-0.4, -0.2) is 43.3 Å². The van der Waals surface area contributed by atoms with Gasteiger partial charge in [-0.3, -0.25) is 14.3 Å². The van der Waals surface area contributed by atoms with Crippen molar-refractivity contribution in [2.24, 2.45) is 0 Å². The number of H-pyrrole nitrogens is 1. The monoisotopic (exact) mass is 338 g/mol. The van der Waals surface area contributed by atoms with Gasteiger partial charge in [0.05, 0.1) is 12.7 Å². The predicted octanol–water partition coefficient (Wildman–Crippen LogP) is -1.28. The maximum atomic E-state index is 11.7. The van der Waals surface area contributed by atoms with Crippen LogP contribution in [0.1, 0.15) is 18.2 Å². The van der Waals surface area contributed by atoms with Crippen molar-refractivity contribution in [2.45, 2.75) is 31.8 Å². The van der Waals surface area contributed by atoms with Gasteiger partial charge >= 0.3 is 12.4 Å². The summed E-state index contributed by atoms with van der Waals surface area (Å²) >= 11 is 4.30. The smallest absolute Gasteiger partial charge is 0.330 e. The molecule has 0 aromatic carbocycles. The largest absolute Gasteiger partial charge is 0.390 e. The summed E-state index contributed by atoms with van der Waals surface area (Å²) in [6.07, 6.45) is -1.16. The Labute approximate surface area is 124 Å². The number of hydrogen-bond donors (Lipinski definition) is 4. The summed E-state index contributed by atoms with van der Waals surface area (Å²) in [6, 6.07) is 0. The van der Waals surface area contributed by atoms with E-state index in [4.69, 9.17) is 14.5 Å². The van der Waals surface area contributed by atoms with Crippen LogP contribution in [0.4, 0.5) is 0 Å². The highest BCUT2D eigenvalue weighted by molar-refractivity contribution is 8.06. The van der Waals surface area contributed by atoms with Gasteiger partial charge in [0.25, 0.3) is 5.56 Å². The Balaban J connectivity index is 2.14. The molecule has 1 aromatic rings. The number of aromatic nitrogens is 2. The van der Waals surface area contributed by atoms with Crippen LogP contribution in [0, 0.1) is 6.92 Å². The second-order valence-electron chi connectivity index (χ2n) is 4.70. The fourth-order valence-electron chi connectivity index (χ4n) is 2.01. The molecule has 1 aromatic heterocycles. The molecule has 2 rings (SSSR count). The van der Waals surface area contributed by atoms with E-state index in [0.717, 1.165) is 4.57 Å². The molecular weight excluding hydrogens is 323 g/mol. The zero-order valence-electron chi connectivity index (χ0n) is 11.0. The van der Waals surface area contributed by atoms with E-state index in [9.17, 15) is 14.7 Å². The molecule has 9 nitrogen and oxygen atoms in total. The Bertz CT molecular complexity index is 681. The number of aliphatic hydroxyl groups is 1. The molecule has 0 aliphatic carbocycles. The first-order valence-electron chi connectivity index (χ1n) is 6.03. The first kappa shape index (κ1) is 16.5. The molecule has 118 valence electrons. The Morgan fingerprint density at radius 2 is 2.24 bits per heavy atom. The fourth-order valence-corrected chi connectivity index (χ4v) is 2.53. The predicted molar refractivity (Wildman–Crippen MR) is 75.3 cm³/mol. The van der Waals surface area contributed by atoms with Crippen LogP contribution < -0.4 is 11.2 Å². The van der Waals surface area contributed by atoms with Gasteiger partial charge in [-0.25, -0.2) is 4.79 Å². The standard InChI is InChI=1S/C10H15N2O7PS/c1-5-3-12(10(15)11-9(5)14)8-2-6(13)7(19-8)4-18-20(16,17)21/h3,6-8,13H,2,4H2,1H3,(H,11,14,15)(H2,16,17,21)/t6-,7+,8+/m0/s1. The van der Waals surface area contributed by atoms with Crippen LogP contribution in [-0.2, 0) is 21.1 Å². The molecule has 4 N–H and O–H groups in total. The summed E-state index contributed by atoms with van der Waals surface area (Å²) in [7, 11) is 0. The lowest BCUT2D eigenvalue weighted by molar-refractivity contribution is -0.0427. The quantitative estimate of drug-likeness (QED) is 0.499. The van der Waals surface area contributed by atoms with E-state index in [-0.39, 0.29) is 13.0 Å². The lowest BCUT2D eigenvalue weighted by Crippen LogP contribution is -2.33. The Kier molecular flexibility index (Phi) is 4.79. The number of hydrogen-bond acceptors (Lipinski definition) is 6. The van der Waals surface area contributed by atoms with E-state index < -0.39 is 36.4 Å². The summed E-state index contributed by atoms with van der Waals surface area (Å²) in [4.78, 5) is 43.1. The number of nitrogens with one attached hydrogen (secondary N) is 1. The topological polar surface area (TPSA) is 134 Å². The van der Waals surface area contributed by atoms with Crippen molar-refractivity contribution in [2.75, 3.05) is 6.61 Å². The summed E-state index contributed by atoms with van der Waals surface area (Å²) in [5, 5.41) is 9.86. The number of ether oxygens (including phenoxy) is 1. The van der Waals surface area contributed by atoms with Gasteiger partial charge in [-0.05, 0) is 18.7 Å². The second kappa shape index (κ2) is 6.09. The maximum absolute atomic E-state index is 11.7. The zero-order valence-corrected chi connectivity index (χ0v) is 12.7. The van der Waals surface area contributed by atoms with Gasteiger partial charge in [-0.15, -0.1) is 0 Å². The molecule has 1 aliphatic heterocycles. The molecule has 2 heterocycles. The van der Waals surface area contributed by atoms with Crippen molar-refractivity contribution in [1.29, 1.82) is 0 Å². The first-order valence-corrected chi connectivity index (χ1v) is 8.65. The molecule has 0 saturated carbocycles. The minimum absolute atomic E-state index is 0.0964.